The molecule has 3 nitrogen and oxygen atoms in total. The largest absolute Gasteiger partial charge is 1.00 e. The molecule has 0 radical (unpaired) electrons. The van der Waals surface area contributed by atoms with E-state index in [1.165, 1.54) is 0 Å². The smallest absolute Gasteiger partial charge is 1.00 e. The summed E-state index contributed by atoms with van der Waals surface area (Å²) in [7, 11) is -5.02. The molecular formula is C6H3F5KNO2S. The zero-order chi connectivity index (χ0) is 12.0. The fourth-order valence-electron chi connectivity index (χ4n) is 0.835. The Morgan fingerprint density at radius 3 is 1.31 bits per heavy atom. The quantitative estimate of drug-likeness (QED) is 0.285. The van der Waals surface area contributed by atoms with Crippen LogP contribution < -0.4 is 56.5 Å². The van der Waals surface area contributed by atoms with Gasteiger partial charge in [-0.1, -0.05) is 0 Å². The van der Waals surface area contributed by atoms with Gasteiger partial charge in [0.1, 0.15) is 0 Å². The molecule has 0 aliphatic rings. The third kappa shape index (κ3) is 2.80. The molecule has 0 heterocycles. The fourth-order valence-corrected chi connectivity index (χ4v) is 1.51. The summed E-state index contributed by atoms with van der Waals surface area (Å²) in [4.78, 5) is -2.04. The number of primary sulfonamides is 1. The normalized spacial score (nSPS) is 11.1. The first-order chi connectivity index (χ1) is 6.68. The third-order valence-corrected chi connectivity index (χ3v) is 2.38. The molecule has 0 aliphatic heterocycles. The number of nitrogens with two attached hydrogens (primary N) is 1. The monoisotopic (exact) mass is 287 g/mol. The zero-order valence-corrected chi connectivity index (χ0v) is 11.6. The number of benzene rings is 1. The van der Waals surface area contributed by atoms with E-state index in [2.05, 4.69) is 5.14 Å². The van der Waals surface area contributed by atoms with Gasteiger partial charge in [0.2, 0.25) is 15.8 Å². The average molecular weight is 287 g/mol. The molecule has 0 saturated carbocycles. The van der Waals surface area contributed by atoms with Crippen LogP contribution in [-0.2, 0) is 10.0 Å². The van der Waals surface area contributed by atoms with Gasteiger partial charge >= 0.3 is 51.4 Å². The summed E-state index contributed by atoms with van der Waals surface area (Å²) in [5, 5.41) is 4.28. The van der Waals surface area contributed by atoms with Crippen molar-refractivity contribution in [1.29, 1.82) is 0 Å². The van der Waals surface area contributed by atoms with E-state index in [0.29, 0.717) is 0 Å². The van der Waals surface area contributed by atoms with Crippen LogP contribution in [0.4, 0.5) is 22.0 Å². The van der Waals surface area contributed by atoms with Crippen molar-refractivity contribution in [3.63, 3.8) is 0 Å². The standard InChI is InChI=1S/C6H2F5NO2S.K.H/c7-1-2(8)4(10)6(15(12,13)14)5(11)3(1)9;;/h(H2,12,13,14);;/q;+1;-1. The predicted molar refractivity (Wildman–Crippen MR) is 38.7 cm³/mol. The maximum atomic E-state index is 12.7. The predicted octanol–water partition coefficient (Wildman–Crippen LogP) is -1.85. The molecule has 0 fully saturated rings. The summed E-state index contributed by atoms with van der Waals surface area (Å²) in [6.45, 7) is 0. The molecule has 1 rings (SSSR count). The fraction of sp³-hybridized carbons (Fsp3) is 0. The molecular weight excluding hydrogens is 284 g/mol. The van der Waals surface area contributed by atoms with Crippen molar-refractivity contribution < 1.29 is 83.2 Å². The van der Waals surface area contributed by atoms with Gasteiger partial charge in [0.15, 0.2) is 28.2 Å². The minimum atomic E-state index is -5.02. The molecule has 2 N–H and O–H groups in total. The Hall–Kier alpha value is 0.416. The summed E-state index contributed by atoms with van der Waals surface area (Å²) in [5.41, 5.74) is 0. The first-order valence-corrected chi connectivity index (χ1v) is 4.76. The molecule has 1 aromatic carbocycles. The molecule has 0 aliphatic carbocycles. The molecule has 0 unspecified atom stereocenters. The van der Waals surface area contributed by atoms with E-state index < -0.39 is 44.0 Å². The molecule has 10 heteroatoms. The SMILES string of the molecule is NS(=O)(=O)c1c(F)c(F)c(F)c(F)c1F.[H-].[K+]. The van der Waals surface area contributed by atoms with Crippen molar-refractivity contribution in [2.45, 2.75) is 4.90 Å². The topological polar surface area (TPSA) is 60.2 Å². The Morgan fingerprint density at radius 1 is 0.812 bits per heavy atom. The maximum absolute atomic E-state index is 12.7. The van der Waals surface area contributed by atoms with Crippen LogP contribution in [0.1, 0.15) is 1.43 Å². The number of sulfonamides is 1. The molecule has 0 aromatic heterocycles. The Bertz CT molecular complexity index is 509. The third-order valence-electron chi connectivity index (χ3n) is 1.45. The van der Waals surface area contributed by atoms with Crippen molar-refractivity contribution >= 4 is 10.0 Å². The number of hydrogen-bond donors (Lipinski definition) is 1. The molecule has 16 heavy (non-hydrogen) atoms. The van der Waals surface area contributed by atoms with E-state index in [0.717, 1.165) is 0 Å². The van der Waals surface area contributed by atoms with Crippen LogP contribution in [0, 0.1) is 29.1 Å². The summed E-state index contributed by atoms with van der Waals surface area (Å²) in [6, 6.07) is 0. The second-order valence-electron chi connectivity index (χ2n) is 2.44. The van der Waals surface area contributed by atoms with E-state index >= 15 is 0 Å². The Labute approximate surface area is 131 Å². The van der Waals surface area contributed by atoms with Gasteiger partial charge in [-0.15, -0.1) is 0 Å². The maximum Gasteiger partial charge on any atom is 1.00 e. The molecule has 0 bridgehead atoms. The number of hydrogen-bond acceptors (Lipinski definition) is 2. The first kappa shape index (κ1) is 16.4. The molecule has 0 saturated heterocycles. The summed E-state index contributed by atoms with van der Waals surface area (Å²) in [5.74, 6) is -12.1. The van der Waals surface area contributed by atoms with Crippen molar-refractivity contribution in [3.8, 4) is 0 Å². The van der Waals surface area contributed by atoms with Crippen molar-refractivity contribution in [2.24, 2.45) is 5.14 Å². The van der Waals surface area contributed by atoms with Gasteiger partial charge in [-0.25, -0.2) is 35.5 Å². The van der Waals surface area contributed by atoms with E-state index in [1.807, 2.05) is 0 Å². The summed E-state index contributed by atoms with van der Waals surface area (Å²) >= 11 is 0. The van der Waals surface area contributed by atoms with E-state index in [1.54, 1.807) is 0 Å². The van der Waals surface area contributed by atoms with Gasteiger partial charge in [0.05, 0.1) is 0 Å². The first-order valence-electron chi connectivity index (χ1n) is 3.22. The van der Waals surface area contributed by atoms with Crippen LogP contribution in [-0.4, -0.2) is 8.42 Å². The van der Waals surface area contributed by atoms with Crippen LogP contribution in [0.25, 0.3) is 0 Å². The van der Waals surface area contributed by atoms with Gasteiger partial charge in [-0.3, -0.25) is 0 Å². The second kappa shape index (κ2) is 5.37. The Morgan fingerprint density at radius 2 is 1.06 bits per heavy atom. The van der Waals surface area contributed by atoms with Crippen LogP contribution in [0.5, 0.6) is 0 Å². The van der Waals surface area contributed by atoms with Crippen molar-refractivity contribution in [3.05, 3.63) is 29.1 Å². The number of rotatable bonds is 1. The van der Waals surface area contributed by atoms with E-state index in [4.69, 9.17) is 0 Å². The molecule has 0 atom stereocenters. The Balaban J connectivity index is 0. The van der Waals surface area contributed by atoms with Crippen LogP contribution >= 0.6 is 0 Å². The van der Waals surface area contributed by atoms with Gasteiger partial charge in [-0.05, 0) is 0 Å². The molecule has 86 valence electrons. The Kier molecular flexibility index (Phi) is 5.51. The minimum absolute atomic E-state index is 0. The van der Waals surface area contributed by atoms with Crippen LogP contribution in [0.15, 0.2) is 4.90 Å². The van der Waals surface area contributed by atoms with Crippen molar-refractivity contribution in [1.82, 2.24) is 0 Å². The van der Waals surface area contributed by atoms with E-state index in [9.17, 15) is 30.4 Å². The van der Waals surface area contributed by atoms with Gasteiger partial charge in [-0.2, -0.15) is 0 Å². The summed E-state index contributed by atoms with van der Waals surface area (Å²) < 4.78 is 83.8. The molecule has 1 aromatic rings. The number of halogens is 5. The molecule has 0 amide bonds. The van der Waals surface area contributed by atoms with Crippen LogP contribution in [0.3, 0.4) is 0 Å². The van der Waals surface area contributed by atoms with Gasteiger partial charge in [0, 0.05) is 0 Å². The minimum Gasteiger partial charge on any atom is -1.00 e. The summed E-state index contributed by atoms with van der Waals surface area (Å²) in [6.07, 6.45) is 0. The van der Waals surface area contributed by atoms with Gasteiger partial charge in [0.25, 0.3) is 0 Å². The van der Waals surface area contributed by atoms with Crippen LogP contribution in [0.2, 0.25) is 0 Å². The van der Waals surface area contributed by atoms with E-state index in [-0.39, 0.29) is 52.8 Å². The van der Waals surface area contributed by atoms with Gasteiger partial charge < -0.3 is 1.43 Å². The van der Waals surface area contributed by atoms with Crippen molar-refractivity contribution in [2.75, 3.05) is 0 Å². The average Bonchev–Trinajstić information content (AvgIpc) is 2.09. The zero-order valence-electron chi connectivity index (χ0n) is 8.69. The second-order valence-corrected chi connectivity index (χ2v) is 3.94. The molecule has 0 spiro atoms.